The first-order valence-electron chi connectivity index (χ1n) is 11.1. The van der Waals surface area contributed by atoms with E-state index in [1.807, 2.05) is 11.9 Å². The van der Waals surface area contributed by atoms with Crippen molar-refractivity contribution in [2.75, 3.05) is 50.0 Å². The van der Waals surface area contributed by atoms with Crippen LogP contribution >= 0.6 is 11.3 Å². The van der Waals surface area contributed by atoms with Crippen LogP contribution in [0.5, 0.6) is 0 Å². The number of aromatic nitrogens is 1. The number of nitrogens with zero attached hydrogens (tertiary/aromatic N) is 5. The highest BCUT2D eigenvalue weighted by Gasteiger charge is 2.25. The molecule has 1 aromatic heterocycles. The number of carbonyl (C=O) groups is 1. The summed E-state index contributed by atoms with van der Waals surface area (Å²) in [5, 5.41) is 15.0. The number of hydrogen-bond acceptors (Lipinski definition) is 8. The van der Waals surface area contributed by atoms with Gasteiger partial charge in [-0.15, -0.1) is 11.3 Å². The maximum Gasteiger partial charge on any atom is 0.293 e. The zero-order chi connectivity index (χ0) is 22.7. The van der Waals surface area contributed by atoms with E-state index in [-0.39, 0.29) is 17.2 Å². The molecular formula is C22H30N6O3S. The summed E-state index contributed by atoms with van der Waals surface area (Å²) in [6.45, 7) is 7.32. The van der Waals surface area contributed by atoms with Crippen molar-refractivity contribution in [2.45, 2.75) is 38.8 Å². The molecule has 0 radical (unpaired) electrons. The smallest absolute Gasteiger partial charge is 0.293 e. The number of piperazine rings is 1. The number of benzene rings is 1. The number of rotatable bonds is 6. The van der Waals surface area contributed by atoms with Crippen molar-refractivity contribution in [3.8, 4) is 0 Å². The maximum absolute atomic E-state index is 12.8. The minimum absolute atomic E-state index is 0.0406. The summed E-state index contributed by atoms with van der Waals surface area (Å²) in [6.07, 6.45) is 5.52. The molecule has 1 amide bonds. The molecule has 2 saturated heterocycles. The maximum atomic E-state index is 12.8. The molecular weight excluding hydrogens is 428 g/mol. The van der Waals surface area contributed by atoms with E-state index < -0.39 is 4.92 Å². The Kier molecular flexibility index (Phi) is 7.02. The number of piperidine rings is 1. The first-order valence-corrected chi connectivity index (χ1v) is 11.9. The van der Waals surface area contributed by atoms with Gasteiger partial charge in [-0.05, 0) is 45.5 Å². The minimum atomic E-state index is -0.411. The molecule has 0 bridgehead atoms. The van der Waals surface area contributed by atoms with Gasteiger partial charge in [-0.1, -0.05) is 6.42 Å². The van der Waals surface area contributed by atoms with E-state index in [1.54, 1.807) is 18.3 Å². The van der Waals surface area contributed by atoms with Crippen molar-refractivity contribution in [1.82, 2.24) is 14.8 Å². The lowest BCUT2D eigenvalue weighted by atomic mass is 10.0. The molecule has 2 aliphatic rings. The number of likely N-dealkylation sites (tertiary alicyclic amines) is 1. The van der Waals surface area contributed by atoms with Crippen LogP contribution in [0.4, 0.5) is 16.5 Å². The second kappa shape index (κ2) is 9.93. The van der Waals surface area contributed by atoms with Gasteiger partial charge in [0, 0.05) is 61.5 Å². The lowest BCUT2D eigenvalue weighted by Crippen LogP contribution is -2.44. The molecule has 1 N–H and O–H groups in total. The molecule has 172 valence electrons. The monoisotopic (exact) mass is 458 g/mol. The van der Waals surface area contributed by atoms with Gasteiger partial charge in [0.15, 0.2) is 5.13 Å². The number of likely N-dealkylation sites (N-methyl/N-ethyl adjacent to an activating group) is 1. The van der Waals surface area contributed by atoms with E-state index in [0.717, 1.165) is 44.1 Å². The third-order valence-corrected chi connectivity index (χ3v) is 7.25. The fourth-order valence-corrected chi connectivity index (χ4v) is 5.16. The molecule has 3 heterocycles. The van der Waals surface area contributed by atoms with Crippen LogP contribution in [0.15, 0.2) is 24.4 Å². The molecule has 1 atom stereocenters. The molecule has 0 aliphatic carbocycles. The fraction of sp³-hybridized carbons (Fsp3) is 0.545. The van der Waals surface area contributed by atoms with E-state index in [9.17, 15) is 14.9 Å². The van der Waals surface area contributed by atoms with Crippen molar-refractivity contribution in [2.24, 2.45) is 0 Å². The van der Waals surface area contributed by atoms with E-state index in [4.69, 9.17) is 0 Å². The number of nitrogens with one attached hydrogen (secondary N) is 1. The van der Waals surface area contributed by atoms with E-state index in [1.165, 1.54) is 36.7 Å². The van der Waals surface area contributed by atoms with Gasteiger partial charge >= 0.3 is 0 Å². The van der Waals surface area contributed by atoms with Gasteiger partial charge in [-0.2, -0.15) is 0 Å². The van der Waals surface area contributed by atoms with Crippen LogP contribution in [0.25, 0.3) is 0 Å². The van der Waals surface area contributed by atoms with Gasteiger partial charge in [0.2, 0.25) is 0 Å². The Labute approximate surface area is 192 Å². The van der Waals surface area contributed by atoms with Crippen LogP contribution in [0.1, 0.15) is 41.4 Å². The van der Waals surface area contributed by atoms with Crippen molar-refractivity contribution < 1.29 is 9.72 Å². The number of hydrogen-bond donors (Lipinski definition) is 1. The number of carbonyl (C=O) groups excluding carboxylic acids is 1. The fourth-order valence-electron chi connectivity index (χ4n) is 4.33. The van der Waals surface area contributed by atoms with Crippen LogP contribution in [-0.2, 0) is 6.54 Å². The highest BCUT2D eigenvalue weighted by Crippen LogP contribution is 2.31. The highest BCUT2D eigenvalue weighted by atomic mass is 32.1. The van der Waals surface area contributed by atoms with Crippen molar-refractivity contribution >= 4 is 33.8 Å². The minimum Gasteiger partial charge on any atom is -0.363 e. The third kappa shape index (κ3) is 5.25. The number of thiazole rings is 1. The summed E-state index contributed by atoms with van der Waals surface area (Å²) < 4.78 is 0. The summed E-state index contributed by atoms with van der Waals surface area (Å²) in [7, 11) is 2.04. The lowest BCUT2D eigenvalue weighted by Gasteiger charge is -2.33. The Morgan fingerprint density at radius 1 is 1.25 bits per heavy atom. The quantitative estimate of drug-likeness (QED) is 0.523. The summed E-state index contributed by atoms with van der Waals surface area (Å²) in [5.41, 5.74) is 0.781. The molecule has 2 aromatic rings. The van der Waals surface area contributed by atoms with Crippen LogP contribution in [0.2, 0.25) is 0 Å². The van der Waals surface area contributed by atoms with Crippen molar-refractivity contribution in [3.05, 3.63) is 45.0 Å². The molecule has 1 aromatic carbocycles. The Morgan fingerprint density at radius 3 is 2.75 bits per heavy atom. The van der Waals surface area contributed by atoms with Crippen LogP contribution in [-0.4, -0.2) is 71.4 Å². The number of anilines is 2. The summed E-state index contributed by atoms with van der Waals surface area (Å²) in [4.78, 5) is 36.2. The molecule has 2 aliphatic heterocycles. The predicted molar refractivity (Wildman–Crippen MR) is 127 cm³/mol. The SMILES string of the molecule is CC1CCCCN1Cc1cnc(NC(=O)c2ccc(N3CCN(C)CC3)c([N+](=O)[O-])c2)s1. The summed E-state index contributed by atoms with van der Waals surface area (Å²) in [6, 6.07) is 5.26. The van der Waals surface area contributed by atoms with Crippen LogP contribution in [0, 0.1) is 10.1 Å². The van der Waals surface area contributed by atoms with Gasteiger partial charge in [0.25, 0.3) is 11.6 Å². The zero-order valence-electron chi connectivity index (χ0n) is 18.6. The third-order valence-electron chi connectivity index (χ3n) is 6.35. The Balaban J connectivity index is 1.43. The number of nitro groups is 1. The average molecular weight is 459 g/mol. The van der Waals surface area contributed by atoms with Gasteiger partial charge in [0.05, 0.1) is 4.92 Å². The second-order valence-electron chi connectivity index (χ2n) is 8.65. The van der Waals surface area contributed by atoms with Crippen molar-refractivity contribution in [3.63, 3.8) is 0 Å². The molecule has 0 spiro atoms. The Hall–Kier alpha value is -2.56. The molecule has 0 saturated carbocycles. The standard InChI is InChI=1S/C22H30N6O3S/c1-16-5-3-4-8-27(16)15-18-14-23-22(32-18)24-21(29)17-6-7-19(20(13-17)28(30)31)26-11-9-25(2)10-12-26/h6-7,13-14,16H,3-5,8-12,15H2,1-2H3,(H,23,24,29). The molecule has 32 heavy (non-hydrogen) atoms. The zero-order valence-corrected chi connectivity index (χ0v) is 19.4. The summed E-state index contributed by atoms with van der Waals surface area (Å²) >= 11 is 1.46. The molecule has 9 nitrogen and oxygen atoms in total. The van der Waals surface area contributed by atoms with Gasteiger partial charge in [0.1, 0.15) is 5.69 Å². The largest absolute Gasteiger partial charge is 0.363 e. The van der Waals surface area contributed by atoms with Crippen LogP contribution < -0.4 is 10.2 Å². The Bertz CT molecular complexity index is 972. The van der Waals surface area contributed by atoms with E-state index in [2.05, 4.69) is 27.0 Å². The average Bonchev–Trinajstić information content (AvgIpc) is 3.22. The van der Waals surface area contributed by atoms with Crippen molar-refractivity contribution in [1.29, 1.82) is 0 Å². The molecule has 10 heteroatoms. The number of amides is 1. The summed E-state index contributed by atoms with van der Waals surface area (Å²) in [5.74, 6) is -0.384. The van der Waals surface area contributed by atoms with Gasteiger partial charge in [-0.25, -0.2) is 4.98 Å². The molecule has 2 fully saturated rings. The Morgan fingerprint density at radius 2 is 2.03 bits per heavy atom. The van der Waals surface area contributed by atoms with E-state index >= 15 is 0 Å². The van der Waals surface area contributed by atoms with E-state index in [0.29, 0.717) is 16.9 Å². The normalized spacial score (nSPS) is 20.3. The van der Waals surface area contributed by atoms with Crippen LogP contribution in [0.3, 0.4) is 0 Å². The van der Waals surface area contributed by atoms with Gasteiger partial charge < -0.3 is 9.80 Å². The first kappa shape index (κ1) is 22.6. The highest BCUT2D eigenvalue weighted by molar-refractivity contribution is 7.15. The predicted octanol–water partition coefficient (Wildman–Crippen LogP) is 3.43. The molecule has 1 unspecified atom stereocenters. The lowest BCUT2D eigenvalue weighted by molar-refractivity contribution is -0.384. The first-order chi connectivity index (χ1) is 15.4. The van der Waals surface area contributed by atoms with Gasteiger partial charge in [-0.3, -0.25) is 25.1 Å². The number of nitro benzene ring substituents is 1. The topological polar surface area (TPSA) is 94.9 Å². The second-order valence-corrected chi connectivity index (χ2v) is 9.77. The molecule has 4 rings (SSSR count).